The number of rotatable bonds is 5. The molecule has 2 aliphatic heterocycles. The first-order valence-corrected chi connectivity index (χ1v) is 10.8. The van der Waals surface area contributed by atoms with Crippen LogP contribution < -0.4 is 5.32 Å². The molecule has 2 aliphatic rings. The molecule has 0 spiro atoms. The van der Waals surface area contributed by atoms with Crippen molar-refractivity contribution in [2.24, 2.45) is 10.1 Å². The third kappa shape index (κ3) is 4.95. The molecule has 0 bridgehead atoms. The van der Waals surface area contributed by atoms with Gasteiger partial charge in [0.15, 0.2) is 5.84 Å². The largest absolute Gasteiger partial charge is 0.419 e. The minimum Gasteiger partial charge on any atom is -0.390 e. The Labute approximate surface area is 198 Å². The molecule has 1 atom stereocenters. The molecule has 35 heavy (non-hydrogen) atoms. The van der Waals surface area contributed by atoms with E-state index in [-0.39, 0.29) is 17.7 Å². The number of hydrogen-bond donors (Lipinski definition) is 2. The molecule has 4 rings (SSSR count). The number of fused-ring (bicyclic) bond motifs is 1. The summed E-state index contributed by atoms with van der Waals surface area (Å²) in [6, 6.07) is 5.21. The number of nitrogens with zero attached hydrogens (tertiary/aromatic N) is 4. The molecule has 7 nitrogen and oxygen atoms in total. The van der Waals surface area contributed by atoms with E-state index in [2.05, 4.69) is 20.4 Å². The number of halogens is 4. The number of alkyl halides is 3. The first-order valence-electron chi connectivity index (χ1n) is 10.8. The van der Waals surface area contributed by atoms with Gasteiger partial charge >= 0.3 is 6.18 Å². The Bertz CT molecular complexity index is 1270. The Morgan fingerprint density at radius 1 is 1.29 bits per heavy atom. The summed E-state index contributed by atoms with van der Waals surface area (Å²) in [5.74, 6) is -1.76. The quantitative estimate of drug-likeness (QED) is 0.627. The van der Waals surface area contributed by atoms with Crippen molar-refractivity contribution >= 4 is 17.5 Å². The molecular formula is C24H23F4N5O2. The zero-order valence-electron chi connectivity index (χ0n) is 19.2. The van der Waals surface area contributed by atoms with Crippen molar-refractivity contribution in [2.45, 2.75) is 45.1 Å². The van der Waals surface area contributed by atoms with Gasteiger partial charge in [-0.05, 0) is 45.0 Å². The maximum Gasteiger partial charge on any atom is 0.419 e. The van der Waals surface area contributed by atoms with E-state index in [1.807, 2.05) is 13.8 Å². The lowest BCUT2D eigenvalue weighted by molar-refractivity contribution is -0.140. The Morgan fingerprint density at radius 2 is 2.03 bits per heavy atom. The average molecular weight is 489 g/mol. The molecule has 0 saturated heterocycles. The summed E-state index contributed by atoms with van der Waals surface area (Å²) >= 11 is 0. The summed E-state index contributed by atoms with van der Waals surface area (Å²) < 4.78 is 54.0. The van der Waals surface area contributed by atoms with Crippen molar-refractivity contribution in [3.63, 3.8) is 0 Å². The molecule has 3 heterocycles. The van der Waals surface area contributed by atoms with Gasteiger partial charge in [-0.1, -0.05) is 12.1 Å². The first kappa shape index (κ1) is 24.5. The number of aliphatic imine (C=N–C) groups is 1. The number of aliphatic hydroxyl groups is 1. The van der Waals surface area contributed by atoms with Crippen LogP contribution in [0.3, 0.4) is 0 Å². The Hall–Kier alpha value is -3.60. The lowest BCUT2D eigenvalue weighted by Crippen LogP contribution is -2.39. The average Bonchev–Trinajstić information content (AvgIpc) is 3.11. The highest BCUT2D eigenvalue weighted by Gasteiger charge is 2.39. The summed E-state index contributed by atoms with van der Waals surface area (Å²) in [7, 11) is 0. The topological polar surface area (TPSA) is 90.2 Å². The first-order chi connectivity index (χ1) is 16.4. The minimum atomic E-state index is -4.86. The normalized spacial score (nSPS) is 17.8. The molecule has 1 amide bonds. The van der Waals surface area contributed by atoms with Gasteiger partial charge in [-0.25, -0.2) is 9.40 Å². The smallest absolute Gasteiger partial charge is 0.390 e. The Balaban J connectivity index is 1.68. The van der Waals surface area contributed by atoms with E-state index in [4.69, 9.17) is 0 Å². The number of aliphatic hydroxyl groups excluding tert-OH is 1. The highest BCUT2D eigenvalue weighted by Crippen LogP contribution is 2.34. The molecule has 1 aromatic heterocycles. The van der Waals surface area contributed by atoms with Crippen LogP contribution in [0.25, 0.3) is 0 Å². The Morgan fingerprint density at radius 3 is 2.71 bits per heavy atom. The van der Waals surface area contributed by atoms with Gasteiger partial charge < -0.3 is 10.4 Å². The minimum absolute atomic E-state index is 0.141. The number of benzene rings is 1. The number of hydrazone groups is 1. The summed E-state index contributed by atoms with van der Waals surface area (Å²) in [6.45, 7) is 5.28. The van der Waals surface area contributed by atoms with Gasteiger partial charge in [-0.2, -0.15) is 18.3 Å². The van der Waals surface area contributed by atoms with Crippen LogP contribution in [0.4, 0.5) is 17.6 Å². The van der Waals surface area contributed by atoms with Gasteiger partial charge in [0.05, 0.1) is 47.3 Å². The van der Waals surface area contributed by atoms with Crippen LogP contribution in [0.1, 0.15) is 49.2 Å². The number of amidine groups is 1. The Kier molecular flexibility index (Phi) is 6.22. The van der Waals surface area contributed by atoms with Crippen LogP contribution in [0.15, 0.2) is 58.3 Å². The maximum atomic E-state index is 14.6. The standard InChI is InChI=1S/C24H23F4N5O2/c1-13(16-5-4-6-18(20(16)25)24(26,27)28)30-22(35)17-10-19(14-7-8-29-15(9-14)11-34)32-33-12-23(2,3)31-21(17)33/h4-10,13,34H,11-12H2,1-3H3,(H,30,35)/t13-/m1/s1. The van der Waals surface area contributed by atoms with Crippen molar-refractivity contribution in [3.05, 3.63) is 76.4 Å². The highest BCUT2D eigenvalue weighted by molar-refractivity contribution is 6.28. The summed E-state index contributed by atoms with van der Waals surface area (Å²) in [6.07, 6.45) is -1.84. The van der Waals surface area contributed by atoms with Crippen molar-refractivity contribution in [1.29, 1.82) is 0 Å². The second-order valence-corrected chi connectivity index (χ2v) is 8.94. The zero-order valence-corrected chi connectivity index (χ0v) is 19.2. The van der Waals surface area contributed by atoms with Gasteiger partial charge in [0, 0.05) is 17.3 Å². The van der Waals surface area contributed by atoms with E-state index < -0.39 is 35.0 Å². The number of nitrogens with one attached hydrogen (secondary N) is 1. The van der Waals surface area contributed by atoms with Crippen LogP contribution in [0.2, 0.25) is 0 Å². The van der Waals surface area contributed by atoms with Crippen LogP contribution in [-0.4, -0.2) is 44.6 Å². The molecule has 0 radical (unpaired) electrons. The molecule has 2 aromatic rings. The van der Waals surface area contributed by atoms with Gasteiger partial charge in [0.1, 0.15) is 5.82 Å². The van der Waals surface area contributed by atoms with Gasteiger partial charge in [0.25, 0.3) is 5.91 Å². The summed E-state index contributed by atoms with van der Waals surface area (Å²) in [4.78, 5) is 21.9. The molecule has 11 heteroatoms. The van der Waals surface area contributed by atoms with Gasteiger partial charge in [-0.15, -0.1) is 0 Å². The van der Waals surface area contributed by atoms with E-state index in [0.29, 0.717) is 35.4 Å². The molecule has 184 valence electrons. The third-order valence-corrected chi connectivity index (χ3v) is 5.61. The van der Waals surface area contributed by atoms with E-state index >= 15 is 0 Å². The number of amides is 1. The number of carbonyl (C=O) groups excluding carboxylic acids is 1. The number of pyridine rings is 1. The molecular weight excluding hydrogens is 466 g/mol. The van der Waals surface area contributed by atoms with Crippen LogP contribution in [0, 0.1) is 5.82 Å². The fourth-order valence-corrected chi connectivity index (χ4v) is 3.95. The fourth-order valence-electron chi connectivity index (χ4n) is 3.95. The number of hydrogen-bond acceptors (Lipinski definition) is 6. The van der Waals surface area contributed by atoms with Crippen molar-refractivity contribution in [3.8, 4) is 0 Å². The van der Waals surface area contributed by atoms with Crippen molar-refractivity contribution in [2.75, 3.05) is 6.54 Å². The number of carbonyl (C=O) groups is 1. The SMILES string of the molecule is C[C@@H](NC(=O)C1=CC(c2ccnc(CO)c2)=NN2CC(C)(C)N=C12)c1cccc(C(F)(F)F)c1F. The van der Waals surface area contributed by atoms with Crippen LogP contribution in [-0.2, 0) is 17.6 Å². The fraction of sp³-hybridized carbons (Fsp3) is 0.333. The monoisotopic (exact) mass is 489 g/mol. The lowest BCUT2D eigenvalue weighted by Gasteiger charge is -2.24. The van der Waals surface area contributed by atoms with E-state index in [9.17, 15) is 27.5 Å². The van der Waals surface area contributed by atoms with Crippen molar-refractivity contribution in [1.82, 2.24) is 15.3 Å². The predicted molar refractivity (Wildman–Crippen MR) is 121 cm³/mol. The highest BCUT2D eigenvalue weighted by atomic mass is 19.4. The maximum absolute atomic E-state index is 14.6. The molecule has 0 aliphatic carbocycles. The molecule has 2 N–H and O–H groups in total. The summed E-state index contributed by atoms with van der Waals surface area (Å²) in [5, 5.41) is 18.2. The number of aromatic nitrogens is 1. The molecule has 0 fully saturated rings. The van der Waals surface area contributed by atoms with Crippen molar-refractivity contribution < 1.29 is 27.5 Å². The van der Waals surface area contributed by atoms with E-state index in [1.54, 1.807) is 17.1 Å². The molecule has 1 aromatic carbocycles. The molecule has 0 saturated carbocycles. The van der Waals surface area contributed by atoms with E-state index in [1.165, 1.54) is 25.3 Å². The number of allylic oxidation sites excluding steroid dienone is 1. The van der Waals surface area contributed by atoms with Gasteiger partial charge in [0.2, 0.25) is 0 Å². The van der Waals surface area contributed by atoms with Crippen LogP contribution in [0.5, 0.6) is 0 Å². The predicted octanol–water partition coefficient (Wildman–Crippen LogP) is 3.75. The van der Waals surface area contributed by atoms with Gasteiger partial charge in [-0.3, -0.25) is 14.8 Å². The second kappa shape index (κ2) is 8.88. The summed E-state index contributed by atoms with van der Waals surface area (Å²) in [5.41, 5.74) is -0.641. The van der Waals surface area contributed by atoms with Crippen LogP contribution >= 0.6 is 0 Å². The third-order valence-electron chi connectivity index (χ3n) is 5.61. The zero-order chi connectivity index (χ0) is 25.5. The van der Waals surface area contributed by atoms with E-state index in [0.717, 1.165) is 6.07 Å². The lowest BCUT2D eigenvalue weighted by atomic mass is 10.0. The second-order valence-electron chi connectivity index (χ2n) is 8.94. The molecule has 0 unspecified atom stereocenters.